The van der Waals surface area contributed by atoms with Gasteiger partial charge in [0, 0.05) is 23.0 Å². The molecule has 1 atom stereocenters. The highest BCUT2D eigenvalue weighted by Gasteiger charge is 2.05. The van der Waals surface area contributed by atoms with Crippen molar-refractivity contribution in [2.75, 3.05) is 17.7 Å². The average Bonchev–Trinajstić information content (AvgIpc) is 2.36. The van der Waals surface area contributed by atoms with Crippen molar-refractivity contribution in [2.24, 2.45) is 0 Å². The Hall–Kier alpha value is -1.45. The standard InChI is InChI=1S/C13H14ClNO2/c14-7-9(16)8-15-12-5-1-4-11-10(12)3-2-6-13(11)17/h1-6,9,15-17H,7-8H2. The second-order valence-corrected chi connectivity index (χ2v) is 4.18. The first-order valence-electron chi connectivity index (χ1n) is 5.41. The Balaban J connectivity index is 2.31. The molecule has 0 saturated carbocycles. The normalized spacial score (nSPS) is 12.6. The molecule has 2 rings (SSSR count). The molecule has 3 nitrogen and oxygen atoms in total. The molecule has 1 unspecified atom stereocenters. The van der Waals surface area contributed by atoms with Crippen molar-refractivity contribution in [1.82, 2.24) is 0 Å². The fourth-order valence-electron chi connectivity index (χ4n) is 1.73. The van der Waals surface area contributed by atoms with Gasteiger partial charge in [0.2, 0.25) is 0 Å². The molecule has 0 bridgehead atoms. The van der Waals surface area contributed by atoms with Crippen LogP contribution in [0.5, 0.6) is 5.75 Å². The number of halogens is 1. The average molecular weight is 252 g/mol. The SMILES string of the molecule is Oc1cccc2c(NCC(O)CCl)cccc12. The van der Waals surface area contributed by atoms with Gasteiger partial charge in [0.15, 0.2) is 0 Å². The highest BCUT2D eigenvalue weighted by molar-refractivity contribution is 6.18. The zero-order valence-electron chi connectivity index (χ0n) is 9.23. The summed E-state index contributed by atoms with van der Waals surface area (Å²) in [7, 11) is 0. The van der Waals surface area contributed by atoms with Gasteiger partial charge in [0.1, 0.15) is 5.75 Å². The topological polar surface area (TPSA) is 52.5 Å². The zero-order valence-corrected chi connectivity index (χ0v) is 9.98. The molecule has 0 saturated heterocycles. The van der Waals surface area contributed by atoms with Gasteiger partial charge < -0.3 is 15.5 Å². The van der Waals surface area contributed by atoms with Crippen molar-refractivity contribution in [2.45, 2.75) is 6.10 Å². The van der Waals surface area contributed by atoms with Gasteiger partial charge in [-0.05, 0) is 12.1 Å². The minimum Gasteiger partial charge on any atom is -0.507 e. The van der Waals surface area contributed by atoms with E-state index in [-0.39, 0.29) is 11.6 Å². The number of phenolic OH excluding ortho intramolecular Hbond substituents is 1. The Morgan fingerprint density at radius 3 is 2.59 bits per heavy atom. The van der Waals surface area contributed by atoms with Crippen molar-refractivity contribution < 1.29 is 10.2 Å². The molecule has 90 valence electrons. The van der Waals surface area contributed by atoms with Gasteiger partial charge in [-0.2, -0.15) is 0 Å². The van der Waals surface area contributed by atoms with E-state index < -0.39 is 6.10 Å². The summed E-state index contributed by atoms with van der Waals surface area (Å²) in [6.45, 7) is 0.387. The predicted octanol–water partition coefficient (Wildman–Crippen LogP) is 2.56. The third-order valence-corrected chi connectivity index (χ3v) is 2.96. The summed E-state index contributed by atoms with van der Waals surface area (Å²) >= 11 is 5.53. The number of fused-ring (bicyclic) bond motifs is 1. The van der Waals surface area contributed by atoms with Crippen LogP contribution in [0.15, 0.2) is 36.4 Å². The number of alkyl halides is 1. The molecule has 0 aromatic heterocycles. The van der Waals surface area contributed by atoms with Crippen molar-refractivity contribution >= 4 is 28.1 Å². The van der Waals surface area contributed by atoms with Crippen LogP contribution in [-0.4, -0.2) is 28.7 Å². The third-order valence-electron chi connectivity index (χ3n) is 2.61. The Morgan fingerprint density at radius 2 is 1.82 bits per heavy atom. The highest BCUT2D eigenvalue weighted by Crippen LogP contribution is 2.29. The van der Waals surface area contributed by atoms with Crippen LogP contribution in [0.25, 0.3) is 10.8 Å². The molecule has 17 heavy (non-hydrogen) atoms. The Morgan fingerprint density at radius 1 is 1.12 bits per heavy atom. The van der Waals surface area contributed by atoms with Gasteiger partial charge >= 0.3 is 0 Å². The summed E-state index contributed by atoms with van der Waals surface area (Å²) in [6.07, 6.45) is -0.579. The van der Waals surface area contributed by atoms with Crippen molar-refractivity contribution in [3.63, 3.8) is 0 Å². The van der Waals surface area contributed by atoms with Crippen LogP contribution in [0, 0.1) is 0 Å². The molecule has 2 aromatic rings. The van der Waals surface area contributed by atoms with Gasteiger partial charge in [0.05, 0.1) is 12.0 Å². The number of rotatable bonds is 4. The number of aliphatic hydroxyl groups is 1. The van der Waals surface area contributed by atoms with Crippen molar-refractivity contribution in [1.29, 1.82) is 0 Å². The second kappa shape index (κ2) is 5.25. The van der Waals surface area contributed by atoms with Gasteiger partial charge in [-0.25, -0.2) is 0 Å². The highest BCUT2D eigenvalue weighted by atomic mass is 35.5. The third kappa shape index (κ3) is 2.62. The quantitative estimate of drug-likeness (QED) is 0.732. The van der Waals surface area contributed by atoms with E-state index in [0.29, 0.717) is 6.54 Å². The maximum Gasteiger partial charge on any atom is 0.123 e. The number of benzene rings is 2. The lowest BCUT2D eigenvalue weighted by Crippen LogP contribution is -2.20. The van der Waals surface area contributed by atoms with Crippen LogP contribution in [0.1, 0.15) is 0 Å². The maximum atomic E-state index is 9.72. The van der Waals surface area contributed by atoms with Crippen molar-refractivity contribution in [3.05, 3.63) is 36.4 Å². The maximum absolute atomic E-state index is 9.72. The number of aromatic hydroxyl groups is 1. The van der Waals surface area contributed by atoms with E-state index in [4.69, 9.17) is 11.6 Å². The molecule has 0 amide bonds. The number of anilines is 1. The fraction of sp³-hybridized carbons (Fsp3) is 0.231. The molecule has 0 aliphatic heterocycles. The molecule has 3 N–H and O–H groups in total. The second-order valence-electron chi connectivity index (χ2n) is 3.87. The van der Waals surface area contributed by atoms with Crippen LogP contribution in [0.3, 0.4) is 0 Å². The minimum atomic E-state index is -0.579. The van der Waals surface area contributed by atoms with Crippen LogP contribution in [0.4, 0.5) is 5.69 Å². The molecule has 0 aliphatic carbocycles. The van der Waals surface area contributed by atoms with Gasteiger partial charge in [0.25, 0.3) is 0 Å². The number of hydrogen-bond acceptors (Lipinski definition) is 3. The monoisotopic (exact) mass is 251 g/mol. The van der Waals surface area contributed by atoms with Gasteiger partial charge in [-0.15, -0.1) is 11.6 Å². The van der Waals surface area contributed by atoms with Crippen LogP contribution < -0.4 is 5.32 Å². The summed E-state index contributed by atoms with van der Waals surface area (Å²) < 4.78 is 0. The molecule has 0 aliphatic rings. The van der Waals surface area contributed by atoms with E-state index in [0.717, 1.165) is 16.5 Å². The lowest BCUT2D eigenvalue weighted by molar-refractivity contribution is 0.211. The Labute approximate surface area is 105 Å². The molecule has 0 spiro atoms. The van der Waals surface area contributed by atoms with E-state index in [1.54, 1.807) is 12.1 Å². The van der Waals surface area contributed by atoms with E-state index in [9.17, 15) is 10.2 Å². The molecular formula is C13H14ClNO2. The molecule has 0 fully saturated rings. The minimum absolute atomic E-state index is 0.197. The van der Waals surface area contributed by atoms with E-state index >= 15 is 0 Å². The molecular weight excluding hydrogens is 238 g/mol. The van der Waals surface area contributed by atoms with Gasteiger partial charge in [-0.1, -0.05) is 24.3 Å². The first kappa shape index (κ1) is 12.0. The number of hydrogen-bond donors (Lipinski definition) is 3. The number of aliphatic hydroxyl groups excluding tert-OH is 1. The summed E-state index contributed by atoms with van der Waals surface area (Å²) in [6, 6.07) is 11.0. The first-order valence-corrected chi connectivity index (χ1v) is 5.94. The fourth-order valence-corrected chi connectivity index (χ4v) is 1.84. The largest absolute Gasteiger partial charge is 0.507 e. The zero-order chi connectivity index (χ0) is 12.3. The number of phenols is 1. The smallest absolute Gasteiger partial charge is 0.123 e. The first-order chi connectivity index (χ1) is 8.22. The molecule has 2 aromatic carbocycles. The van der Waals surface area contributed by atoms with E-state index in [1.165, 1.54) is 0 Å². The lowest BCUT2D eigenvalue weighted by atomic mass is 10.1. The summed E-state index contributed by atoms with van der Waals surface area (Å²) in [5, 5.41) is 24.0. The van der Waals surface area contributed by atoms with Crippen LogP contribution in [0.2, 0.25) is 0 Å². The molecule has 0 heterocycles. The van der Waals surface area contributed by atoms with Crippen molar-refractivity contribution in [3.8, 4) is 5.75 Å². The van der Waals surface area contributed by atoms with Gasteiger partial charge in [-0.3, -0.25) is 0 Å². The number of nitrogens with one attached hydrogen (secondary N) is 1. The Kier molecular flexibility index (Phi) is 3.71. The summed E-state index contributed by atoms with van der Waals surface area (Å²) in [5.41, 5.74) is 0.877. The molecule has 0 radical (unpaired) electrons. The van der Waals surface area contributed by atoms with Crippen LogP contribution in [-0.2, 0) is 0 Å². The summed E-state index contributed by atoms with van der Waals surface area (Å²) in [5.74, 6) is 0.451. The van der Waals surface area contributed by atoms with E-state index in [2.05, 4.69) is 5.32 Å². The van der Waals surface area contributed by atoms with Crippen LogP contribution >= 0.6 is 11.6 Å². The Bertz CT molecular complexity index is 516. The molecule has 4 heteroatoms. The predicted molar refractivity (Wildman–Crippen MR) is 70.8 cm³/mol. The van der Waals surface area contributed by atoms with E-state index in [1.807, 2.05) is 24.3 Å². The summed E-state index contributed by atoms with van der Waals surface area (Å²) in [4.78, 5) is 0. The lowest BCUT2D eigenvalue weighted by Gasteiger charge is -2.12.